The molecule has 142 valence electrons. The van der Waals surface area contributed by atoms with E-state index in [1.54, 1.807) is 7.11 Å². The lowest BCUT2D eigenvalue weighted by Crippen LogP contribution is -2.52. The molecule has 2 rings (SSSR count). The average Bonchev–Trinajstić information content (AvgIpc) is 3.01. The van der Waals surface area contributed by atoms with Crippen LogP contribution in [0.15, 0.2) is 0 Å². The number of rotatable bonds is 11. The Labute approximate surface area is 148 Å². The van der Waals surface area contributed by atoms with Crippen molar-refractivity contribution >= 4 is 0 Å². The molecule has 2 aliphatic heterocycles. The fraction of sp³-hybridized carbons (Fsp3) is 1.00. The standard InChI is InChI=1S/C20H38O4/c1-4-5-6-7-8-9-10-11-12-13-16-14-17-19(24-16)18(21)15(2)23-20(17)22-3/h15-21H,4-14H2,1-3H3/t15?,16?,17?,18-,19+,20+/m0/s1. The van der Waals surface area contributed by atoms with Crippen molar-refractivity contribution < 1.29 is 19.3 Å². The number of methoxy groups -OCH3 is 1. The highest BCUT2D eigenvalue weighted by atomic mass is 16.7. The zero-order chi connectivity index (χ0) is 17.4. The van der Waals surface area contributed by atoms with Crippen LogP contribution in [0.3, 0.4) is 0 Å². The number of unbranched alkanes of at least 4 members (excludes halogenated alkanes) is 8. The molecule has 0 saturated carbocycles. The number of ether oxygens (including phenoxy) is 3. The van der Waals surface area contributed by atoms with Crippen LogP contribution in [0.25, 0.3) is 0 Å². The van der Waals surface area contributed by atoms with Gasteiger partial charge >= 0.3 is 0 Å². The van der Waals surface area contributed by atoms with Crippen molar-refractivity contribution in [2.75, 3.05) is 7.11 Å². The number of aliphatic hydroxyl groups is 1. The summed E-state index contributed by atoms with van der Waals surface area (Å²) in [7, 11) is 1.68. The van der Waals surface area contributed by atoms with Gasteiger partial charge in [-0.15, -0.1) is 0 Å². The maximum Gasteiger partial charge on any atom is 0.163 e. The number of fused-ring (bicyclic) bond motifs is 1. The van der Waals surface area contributed by atoms with Gasteiger partial charge in [0.1, 0.15) is 6.10 Å². The second-order valence-corrected chi connectivity index (χ2v) is 7.68. The lowest BCUT2D eigenvalue weighted by Gasteiger charge is -2.39. The number of hydrogen-bond acceptors (Lipinski definition) is 4. The van der Waals surface area contributed by atoms with Gasteiger partial charge in [0.05, 0.1) is 18.3 Å². The van der Waals surface area contributed by atoms with Crippen LogP contribution in [0.4, 0.5) is 0 Å². The second-order valence-electron chi connectivity index (χ2n) is 7.68. The maximum atomic E-state index is 10.3. The van der Waals surface area contributed by atoms with E-state index in [1.807, 2.05) is 6.92 Å². The summed E-state index contributed by atoms with van der Waals surface area (Å²) in [5, 5.41) is 10.3. The SMILES string of the molecule is CCCCCCCCCCCC1CC2[C@H](OC)OC(C)[C@H](O)[C@@H]2O1. The molecule has 2 fully saturated rings. The van der Waals surface area contributed by atoms with Crippen LogP contribution in [0, 0.1) is 5.92 Å². The van der Waals surface area contributed by atoms with Gasteiger partial charge in [0.25, 0.3) is 0 Å². The molecule has 0 aromatic rings. The van der Waals surface area contributed by atoms with Crippen LogP contribution in [0.1, 0.15) is 84.5 Å². The van der Waals surface area contributed by atoms with E-state index in [0.717, 1.165) is 12.8 Å². The molecule has 4 heteroatoms. The fourth-order valence-electron chi connectivity index (χ4n) is 4.18. The zero-order valence-electron chi connectivity index (χ0n) is 15.9. The van der Waals surface area contributed by atoms with Crippen molar-refractivity contribution in [1.82, 2.24) is 0 Å². The smallest absolute Gasteiger partial charge is 0.163 e. The molecule has 24 heavy (non-hydrogen) atoms. The quantitative estimate of drug-likeness (QED) is 0.564. The molecule has 3 unspecified atom stereocenters. The van der Waals surface area contributed by atoms with E-state index in [0.29, 0.717) is 0 Å². The van der Waals surface area contributed by atoms with E-state index in [4.69, 9.17) is 14.2 Å². The highest BCUT2D eigenvalue weighted by molar-refractivity contribution is 4.94. The third-order valence-corrected chi connectivity index (χ3v) is 5.68. The van der Waals surface area contributed by atoms with E-state index < -0.39 is 6.10 Å². The molecule has 0 aliphatic carbocycles. The Morgan fingerprint density at radius 1 is 0.958 bits per heavy atom. The van der Waals surface area contributed by atoms with Crippen molar-refractivity contribution in [3.05, 3.63) is 0 Å². The van der Waals surface area contributed by atoms with E-state index in [9.17, 15) is 5.11 Å². The summed E-state index contributed by atoms with van der Waals surface area (Å²) in [6.45, 7) is 4.16. The normalized spacial score (nSPS) is 36.0. The Bertz CT molecular complexity index is 330. The lowest BCUT2D eigenvalue weighted by molar-refractivity contribution is -0.258. The molecule has 2 aliphatic rings. The van der Waals surface area contributed by atoms with Crippen molar-refractivity contribution in [3.63, 3.8) is 0 Å². The van der Waals surface area contributed by atoms with E-state index in [2.05, 4.69) is 6.92 Å². The minimum Gasteiger partial charge on any atom is -0.388 e. The van der Waals surface area contributed by atoms with Gasteiger partial charge < -0.3 is 19.3 Å². The highest BCUT2D eigenvalue weighted by Crippen LogP contribution is 2.39. The molecule has 0 aromatic carbocycles. The molecular formula is C20H38O4. The fourth-order valence-corrected chi connectivity index (χ4v) is 4.18. The molecular weight excluding hydrogens is 304 g/mol. The second kappa shape index (κ2) is 10.7. The van der Waals surface area contributed by atoms with Crippen LogP contribution in [-0.4, -0.2) is 42.9 Å². The van der Waals surface area contributed by atoms with E-state index >= 15 is 0 Å². The van der Waals surface area contributed by atoms with Crippen molar-refractivity contribution in [3.8, 4) is 0 Å². The van der Waals surface area contributed by atoms with Gasteiger partial charge in [0.15, 0.2) is 6.29 Å². The first kappa shape index (κ1) is 20.2. The molecule has 6 atom stereocenters. The Morgan fingerprint density at radius 3 is 2.21 bits per heavy atom. The van der Waals surface area contributed by atoms with Crippen LogP contribution in [0.2, 0.25) is 0 Å². The number of hydrogen-bond donors (Lipinski definition) is 1. The predicted molar refractivity (Wildman–Crippen MR) is 96.0 cm³/mol. The highest BCUT2D eigenvalue weighted by Gasteiger charge is 2.50. The van der Waals surface area contributed by atoms with Gasteiger partial charge in [0.2, 0.25) is 0 Å². The van der Waals surface area contributed by atoms with Gasteiger partial charge in [-0.25, -0.2) is 0 Å². The molecule has 0 amide bonds. The summed E-state index contributed by atoms with van der Waals surface area (Å²) < 4.78 is 17.4. The third-order valence-electron chi connectivity index (χ3n) is 5.68. The molecule has 0 bridgehead atoms. The van der Waals surface area contributed by atoms with Gasteiger partial charge in [-0.05, 0) is 19.8 Å². The largest absolute Gasteiger partial charge is 0.388 e. The van der Waals surface area contributed by atoms with Crippen LogP contribution < -0.4 is 0 Å². The minimum absolute atomic E-state index is 0.123. The summed E-state index contributed by atoms with van der Waals surface area (Å²) in [6, 6.07) is 0. The average molecular weight is 343 g/mol. The molecule has 4 nitrogen and oxygen atoms in total. The monoisotopic (exact) mass is 342 g/mol. The Hall–Kier alpha value is -0.160. The van der Waals surface area contributed by atoms with Crippen molar-refractivity contribution in [1.29, 1.82) is 0 Å². The van der Waals surface area contributed by atoms with E-state index in [-0.39, 0.29) is 30.5 Å². The van der Waals surface area contributed by atoms with Gasteiger partial charge in [-0.2, -0.15) is 0 Å². The molecule has 0 spiro atoms. The summed E-state index contributed by atoms with van der Waals surface area (Å²) in [6.07, 6.45) is 13.3. The molecule has 2 saturated heterocycles. The van der Waals surface area contributed by atoms with Crippen LogP contribution in [-0.2, 0) is 14.2 Å². The zero-order valence-corrected chi connectivity index (χ0v) is 15.9. The first-order chi connectivity index (χ1) is 11.7. The topological polar surface area (TPSA) is 47.9 Å². The molecule has 0 aromatic heterocycles. The predicted octanol–water partition coefficient (Wildman–Crippen LogP) is 4.43. The molecule has 0 radical (unpaired) electrons. The summed E-state index contributed by atoms with van der Waals surface area (Å²) >= 11 is 0. The van der Waals surface area contributed by atoms with Gasteiger partial charge in [0, 0.05) is 13.0 Å². The first-order valence-corrected chi connectivity index (χ1v) is 10.2. The van der Waals surface area contributed by atoms with Crippen LogP contribution >= 0.6 is 0 Å². The van der Waals surface area contributed by atoms with E-state index in [1.165, 1.54) is 57.8 Å². The maximum absolute atomic E-state index is 10.3. The van der Waals surface area contributed by atoms with Gasteiger partial charge in [-0.1, -0.05) is 64.7 Å². The summed E-state index contributed by atoms with van der Waals surface area (Å²) in [5.74, 6) is 0.171. The number of aliphatic hydroxyl groups excluding tert-OH is 1. The van der Waals surface area contributed by atoms with Crippen molar-refractivity contribution in [2.45, 2.75) is 115 Å². The summed E-state index contributed by atoms with van der Waals surface area (Å²) in [5.41, 5.74) is 0. The Balaban J connectivity index is 1.58. The first-order valence-electron chi connectivity index (χ1n) is 10.2. The lowest BCUT2D eigenvalue weighted by atomic mass is 9.89. The Morgan fingerprint density at radius 2 is 1.58 bits per heavy atom. The molecule has 1 N–H and O–H groups in total. The summed E-state index contributed by atoms with van der Waals surface area (Å²) in [4.78, 5) is 0. The third kappa shape index (κ3) is 5.69. The molecule has 2 heterocycles. The minimum atomic E-state index is -0.533. The van der Waals surface area contributed by atoms with Gasteiger partial charge in [-0.3, -0.25) is 0 Å². The Kier molecular flexibility index (Phi) is 9.02. The van der Waals surface area contributed by atoms with Crippen LogP contribution in [0.5, 0.6) is 0 Å². The van der Waals surface area contributed by atoms with Crippen molar-refractivity contribution in [2.24, 2.45) is 5.92 Å².